The van der Waals surface area contributed by atoms with Crippen molar-refractivity contribution in [3.8, 4) is 22.6 Å². The van der Waals surface area contributed by atoms with Crippen molar-refractivity contribution in [2.24, 2.45) is 0 Å². The van der Waals surface area contributed by atoms with Crippen LogP contribution in [0.25, 0.3) is 27.5 Å². The van der Waals surface area contributed by atoms with Gasteiger partial charge in [0.15, 0.2) is 5.69 Å². The molecule has 0 saturated heterocycles. The van der Waals surface area contributed by atoms with Gasteiger partial charge in [0.2, 0.25) is 0 Å². The SMILES string of the molecule is [C-]#[N+]c1ccc(-n2ncc(Br)c2-c2c(C)n(-c3cccc(C(F)(F)F)c3)c(=O)n(CCC)c2=O)cc1. The van der Waals surface area contributed by atoms with Crippen molar-refractivity contribution < 1.29 is 13.2 Å². The second-order valence-corrected chi connectivity index (χ2v) is 8.82. The Kier molecular flexibility index (Phi) is 6.73. The molecule has 0 aliphatic heterocycles. The molecule has 11 heteroatoms. The third-order valence-corrected chi connectivity index (χ3v) is 6.22. The van der Waals surface area contributed by atoms with E-state index in [1.165, 1.54) is 29.9 Å². The fraction of sp³-hybridized carbons (Fsp3) is 0.200. The van der Waals surface area contributed by atoms with Crippen LogP contribution < -0.4 is 11.2 Å². The van der Waals surface area contributed by atoms with Gasteiger partial charge in [-0.3, -0.25) is 13.9 Å². The number of benzene rings is 2. The first kappa shape index (κ1) is 25.2. The molecule has 4 rings (SSSR count). The maximum absolute atomic E-state index is 13.6. The summed E-state index contributed by atoms with van der Waals surface area (Å²) in [5.74, 6) is 0. The van der Waals surface area contributed by atoms with E-state index in [1.807, 2.05) is 0 Å². The highest BCUT2D eigenvalue weighted by Gasteiger charge is 2.31. The highest BCUT2D eigenvalue weighted by Crippen LogP contribution is 2.33. The molecule has 0 aliphatic rings. The van der Waals surface area contributed by atoms with E-state index in [1.54, 1.807) is 31.2 Å². The largest absolute Gasteiger partial charge is 0.416 e. The van der Waals surface area contributed by atoms with Crippen molar-refractivity contribution in [2.45, 2.75) is 33.0 Å². The van der Waals surface area contributed by atoms with Crippen LogP contribution in [0.1, 0.15) is 24.6 Å². The van der Waals surface area contributed by atoms with Crippen LogP contribution in [0.3, 0.4) is 0 Å². The van der Waals surface area contributed by atoms with E-state index in [2.05, 4.69) is 25.9 Å². The average Bonchev–Trinajstić information content (AvgIpc) is 3.22. The van der Waals surface area contributed by atoms with E-state index >= 15 is 0 Å². The summed E-state index contributed by atoms with van der Waals surface area (Å²) in [5, 5.41) is 4.35. The van der Waals surface area contributed by atoms with Crippen LogP contribution in [0.2, 0.25) is 0 Å². The predicted molar refractivity (Wildman–Crippen MR) is 133 cm³/mol. The molecule has 0 bridgehead atoms. The summed E-state index contributed by atoms with van der Waals surface area (Å²) in [6.07, 6.45) is -2.66. The molecule has 0 N–H and O–H groups in total. The van der Waals surface area contributed by atoms with Gasteiger partial charge >= 0.3 is 11.9 Å². The quantitative estimate of drug-likeness (QED) is 0.287. The molecule has 0 fully saturated rings. The zero-order valence-corrected chi connectivity index (χ0v) is 20.8. The number of alkyl halides is 3. The van der Waals surface area contributed by atoms with Crippen molar-refractivity contribution >= 4 is 21.6 Å². The molecule has 36 heavy (non-hydrogen) atoms. The molecule has 0 aliphatic carbocycles. The highest BCUT2D eigenvalue weighted by molar-refractivity contribution is 9.10. The van der Waals surface area contributed by atoms with E-state index in [4.69, 9.17) is 6.57 Å². The lowest BCUT2D eigenvalue weighted by Gasteiger charge is -2.19. The van der Waals surface area contributed by atoms with Gasteiger partial charge < -0.3 is 0 Å². The summed E-state index contributed by atoms with van der Waals surface area (Å²) in [4.78, 5) is 30.4. The lowest BCUT2D eigenvalue weighted by atomic mass is 10.1. The fourth-order valence-electron chi connectivity index (χ4n) is 3.99. The third kappa shape index (κ3) is 4.40. The number of rotatable bonds is 5. The van der Waals surface area contributed by atoms with Crippen LogP contribution in [0, 0.1) is 13.5 Å². The summed E-state index contributed by atoms with van der Waals surface area (Å²) in [7, 11) is 0. The van der Waals surface area contributed by atoms with Crippen molar-refractivity contribution in [3.63, 3.8) is 0 Å². The van der Waals surface area contributed by atoms with E-state index in [-0.39, 0.29) is 23.5 Å². The van der Waals surface area contributed by atoms with Gasteiger partial charge in [-0.2, -0.15) is 18.3 Å². The number of hydrogen-bond acceptors (Lipinski definition) is 3. The monoisotopic (exact) mass is 557 g/mol. The maximum Gasteiger partial charge on any atom is 0.416 e. The van der Waals surface area contributed by atoms with E-state index in [9.17, 15) is 22.8 Å². The number of nitrogens with zero attached hydrogens (tertiary/aromatic N) is 5. The topological polar surface area (TPSA) is 66.2 Å². The predicted octanol–water partition coefficient (Wildman–Crippen LogP) is 5.90. The molecule has 0 amide bonds. The summed E-state index contributed by atoms with van der Waals surface area (Å²) >= 11 is 3.43. The van der Waals surface area contributed by atoms with Gasteiger partial charge in [0.1, 0.15) is 0 Å². The molecule has 2 aromatic heterocycles. The Bertz CT molecular complexity index is 1610. The van der Waals surface area contributed by atoms with Crippen LogP contribution in [-0.4, -0.2) is 18.9 Å². The molecule has 7 nitrogen and oxygen atoms in total. The second kappa shape index (κ2) is 9.62. The number of aromatic nitrogens is 4. The van der Waals surface area contributed by atoms with Gasteiger partial charge in [0.05, 0.1) is 45.4 Å². The zero-order valence-electron chi connectivity index (χ0n) is 19.2. The Morgan fingerprint density at radius 2 is 1.78 bits per heavy atom. The number of hydrogen-bond donors (Lipinski definition) is 0. The van der Waals surface area contributed by atoms with Gasteiger partial charge in [0, 0.05) is 12.2 Å². The van der Waals surface area contributed by atoms with Gasteiger partial charge in [-0.1, -0.05) is 25.1 Å². The molecule has 0 spiro atoms. The van der Waals surface area contributed by atoms with Gasteiger partial charge in [-0.15, -0.1) is 0 Å². The minimum atomic E-state index is -4.60. The Morgan fingerprint density at radius 3 is 2.39 bits per heavy atom. The maximum atomic E-state index is 13.6. The van der Waals surface area contributed by atoms with Crippen molar-refractivity contribution in [2.75, 3.05) is 0 Å². The number of halogens is 4. The third-order valence-electron chi connectivity index (χ3n) is 5.64. The Balaban J connectivity index is 2.06. The van der Waals surface area contributed by atoms with Crippen LogP contribution in [0.5, 0.6) is 0 Å². The smallest absolute Gasteiger partial charge is 0.268 e. The lowest BCUT2D eigenvalue weighted by molar-refractivity contribution is -0.137. The van der Waals surface area contributed by atoms with Gasteiger partial charge in [-0.05, 0) is 59.6 Å². The highest BCUT2D eigenvalue weighted by atomic mass is 79.9. The van der Waals surface area contributed by atoms with Crippen LogP contribution >= 0.6 is 15.9 Å². The fourth-order valence-corrected chi connectivity index (χ4v) is 4.45. The lowest BCUT2D eigenvalue weighted by Crippen LogP contribution is -2.41. The first-order chi connectivity index (χ1) is 17.1. The zero-order chi connectivity index (χ0) is 26.2. The van der Waals surface area contributed by atoms with Gasteiger partial charge in [0.25, 0.3) is 5.56 Å². The minimum absolute atomic E-state index is 0.0120. The van der Waals surface area contributed by atoms with E-state index in [0.717, 1.165) is 21.3 Å². The van der Waals surface area contributed by atoms with Crippen molar-refractivity contribution in [3.05, 3.63) is 103 Å². The van der Waals surface area contributed by atoms with E-state index in [0.29, 0.717) is 28.0 Å². The van der Waals surface area contributed by atoms with Crippen LogP contribution in [0.4, 0.5) is 18.9 Å². The first-order valence-corrected chi connectivity index (χ1v) is 11.6. The average molecular weight is 558 g/mol. The molecular weight excluding hydrogens is 539 g/mol. The Morgan fingerprint density at radius 1 is 1.08 bits per heavy atom. The molecule has 0 atom stereocenters. The summed E-state index contributed by atoms with van der Waals surface area (Å²) in [6, 6.07) is 11.0. The Labute approximate surface area is 212 Å². The normalized spacial score (nSPS) is 11.5. The summed E-state index contributed by atoms with van der Waals surface area (Å²) in [6.45, 7) is 10.5. The molecule has 0 saturated carbocycles. The molecule has 0 unspecified atom stereocenters. The standard InChI is InChI=1S/C25H19BrF3N5O2/c1-4-12-32-23(35)21(22-20(26)14-31-34(22)18-10-8-17(30-3)9-11-18)15(2)33(24(32)36)19-7-5-6-16(13-19)25(27,28)29/h5-11,13-14H,4,12H2,1-2H3. The minimum Gasteiger partial charge on any atom is -0.268 e. The van der Waals surface area contributed by atoms with Crippen LogP contribution in [0.15, 0.2) is 68.8 Å². The molecular formula is C25H19BrF3N5O2. The first-order valence-electron chi connectivity index (χ1n) is 10.8. The van der Waals surface area contributed by atoms with Gasteiger partial charge in [-0.25, -0.2) is 14.3 Å². The molecule has 2 aromatic carbocycles. The van der Waals surface area contributed by atoms with E-state index < -0.39 is 23.0 Å². The summed E-state index contributed by atoms with van der Waals surface area (Å²) < 4.78 is 44.3. The molecule has 184 valence electrons. The second-order valence-electron chi connectivity index (χ2n) is 7.96. The molecule has 2 heterocycles. The molecule has 0 radical (unpaired) electrons. The Hall–Kier alpha value is -3.91. The van der Waals surface area contributed by atoms with Crippen molar-refractivity contribution in [1.29, 1.82) is 0 Å². The van der Waals surface area contributed by atoms with Crippen molar-refractivity contribution in [1.82, 2.24) is 18.9 Å². The van der Waals surface area contributed by atoms with Crippen LogP contribution in [-0.2, 0) is 12.7 Å². The molecule has 4 aromatic rings. The summed E-state index contributed by atoms with van der Waals surface area (Å²) in [5.41, 5.74) is -0.649.